The number of nitrogens with two attached hydrogens (primary N) is 1. The summed E-state index contributed by atoms with van der Waals surface area (Å²) in [6, 6.07) is 3.41. The summed E-state index contributed by atoms with van der Waals surface area (Å²) in [5.41, 5.74) is 7.78. The molecule has 1 fully saturated rings. The van der Waals surface area contributed by atoms with Gasteiger partial charge in [0.1, 0.15) is 18.5 Å². The molecule has 1 aromatic rings. The number of amides is 1. The van der Waals surface area contributed by atoms with Crippen molar-refractivity contribution in [2.45, 2.75) is 45.6 Å². The van der Waals surface area contributed by atoms with Gasteiger partial charge in [-0.15, -0.1) is 0 Å². The van der Waals surface area contributed by atoms with Gasteiger partial charge >= 0.3 is 12.1 Å². The summed E-state index contributed by atoms with van der Waals surface area (Å²) >= 11 is 0. The molecule has 0 saturated carbocycles. The highest BCUT2D eigenvalue weighted by molar-refractivity contribution is 5.87. The Bertz CT molecular complexity index is 727. The Morgan fingerprint density at radius 3 is 2.81 bits per heavy atom. The van der Waals surface area contributed by atoms with Crippen molar-refractivity contribution < 1.29 is 28.5 Å². The second-order valence-corrected chi connectivity index (χ2v) is 7.54. The Morgan fingerprint density at radius 1 is 1.26 bits per heavy atom. The van der Waals surface area contributed by atoms with Crippen LogP contribution in [0.1, 0.15) is 38.2 Å². The van der Waals surface area contributed by atoms with Crippen LogP contribution in [0.5, 0.6) is 5.75 Å². The van der Waals surface area contributed by atoms with Gasteiger partial charge in [0.15, 0.2) is 0 Å². The van der Waals surface area contributed by atoms with Crippen LogP contribution >= 0.6 is 0 Å². The Kier molecular flexibility index (Phi) is 10.4. The molecule has 0 spiro atoms. The van der Waals surface area contributed by atoms with Crippen molar-refractivity contribution >= 4 is 23.4 Å². The van der Waals surface area contributed by atoms with Crippen LogP contribution in [-0.4, -0.2) is 69.6 Å². The van der Waals surface area contributed by atoms with Crippen LogP contribution < -0.4 is 15.8 Å². The van der Waals surface area contributed by atoms with Gasteiger partial charge in [0, 0.05) is 25.6 Å². The van der Waals surface area contributed by atoms with Gasteiger partial charge < -0.3 is 24.7 Å². The molecule has 9 heteroatoms. The van der Waals surface area contributed by atoms with E-state index < -0.39 is 6.09 Å². The van der Waals surface area contributed by atoms with Crippen LogP contribution in [0.2, 0.25) is 0 Å². The number of morpholine rings is 1. The number of unbranched alkanes of at least 4 members (excludes halogenated alkanes) is 2. The average Bonchev–Trinajstić information content (AvgIpc) is 2.74. The van der Waals surface area contributed by atoms with Crippen molar-refractivity contribution in [3.05, 3.63) is 17.7 Å². The molecule has 0 aliphatic carbocycles. The fourth-order valence-electron chi connectivity index (χ4n) is 3.44. The van der Waals surface area contributed by atoms with Crippen molar-refractivity contribution in [1.29, 1.82) is 0 Å². The third-order valence-electron chi connectivity index (χ3n) is 5.10. The number of nitrogens with zero attached hydrogens (tertiary/aromatic N) is 1. The van der Waals surface area contributed by atoms with E-state index in [1.807, 2.05) is 13.8 Å². The molecule has 1 saturated heterocycles. The fraction of sp³-hybridized carbons (Fsp3) is 0.636. The van der Waals surface area contributed by atoms with E-state index in [9.17, 15) is 9.59 Å². The second kappa shape index (κ2) is 13.0. The van der Waals surface area contributed by atoms with Crippen LogP contribution in [0.3, 0.4) is 0 Å². The molecule has 3 N–H and O–H groups in total. The lowest BCUT2D eigenvalue weighted by molar-refractivity contribution is -0.143. The largest absolute Gasteiger partial charge is 0.495 e. The smallest absolute Gasteiger partial charge is 0.411 e. The van der Waals surface area contributed by atoms with Crippen molar-refractivity contribution in [1.82, 2.24) is 4.90 Å². The van der Waals surface area contributed by atoms with E-state index in [0.717, 1.165) is 37.9 Å². The second-order valence-electron chi connectivity index (χ2n) is 7.54. The van der Waals surface area contributed by atoms with Crippen LogP contribution in [0, 0.1) is 6.92 Å². The van der Waals surface area contributed by atoms with Crippen molar-refractivity contribution in [3.63, 3.8) is 0 Å². The molecule has 1 aliphatic rings. The minimum absolute atomic E-state index is 0.128. The molecule has 1 amide bonds. The standard InChI is InChI=1S/C22H35N3O6/c1-4-29-21(26)8-6-5-7-9-25-10-11-30-17(14-25)15-31-22(27)24-19-13-20(28-3)18(23)12-16(19)2/h12-13,17H,4-11,14-15,23H2,1-3H3,(H,24,27). The number of anilines is 2. The molecule has 9 nitrogen and oxygen atoms in total. The molecule has 1 heterocycles. The summed E-state index contributed by atoms with van der Waals surface area (Å²) in [7, 11) is 1.52. The van der Waals surface area contributed by atoms with E-state index in [1.54, 1.807) is 12.1 Å². The van der Waals surface area contributed by atoms with Gasteiger partial charge in [0.05, 0.1) is 31.7 Å². The molecule has 1 aliphatic heterocycles. The highest BCUT2D eigenvalue weighted by Gasteiger charge is 2.22. The number of hydrogen-bond acceptors (Lipinski definition) is 8. The normalized spacial score (nSPS) is 16.5. The number of nitrogen functional groups attached to an aromatic ring is 1. The van der Waals surface area contributed by atoms with E-state index in [1.165, 1.54) is 7.11 Å². The summed E-state index contributed by atoms with van der Waals surface area (Å²) in [6.45, 7) is 7.37. The number of nitrogens with one attached hydrogen (secondary N) is 1. The van der Waals surface area contributed by atoms with Crippen molar-refractivity contribution in [2.24, 2.45) is 0 Å². The van der Waals surface area contributed by atoms with Gasteiger partial charge in [-0.05, 0) is 44.9 Å². The van der Waals surface area contributed by atoms with Gasteiger partial charge in [0.25, 0.3) is 0 Å². The molecule has 0 radical (unpaired) electrons. The van der Waals surface area contributed by atoms with Crippen LogP contribution in [-0.2, 0) is 19.0 Å². The number of methoxy groups -OCH3 is 1. The first-order valence-corrected chi connectivity index (χ1v) is 10.8. The predicted molar refractivity (Wildman–Crippen MR) is 118 cm³/mol. The van der Waals surface area contributed by atoms with E-state index in [0.29, 0.717) is 43.3 Å². The van der Waals surface area contributed by atoms with Crippen LogP contribution in [0.25, 0.3) is 0 Å². The maximum atomic E-state index is 12.2. The maximum Gasteiger partial charge on any atom is 0.411 e. The van der Waals surface area contributed by atoms with E-state index in [2.05, 4.69) is 10.2 Å². The molecular weight excluding hydrogens is 402 g/mol. The lowest BCUT2D eigenvalue weighted by atomic mass is 10.1. The molecule has 174 valence electrons. The zero-order valence-electron chi connectivity index (χ0n) is 18.8. The Morgan fingerprint density at radius 2 is 2.06 bits per heavy atom. The first-order valence-electron chi connectivity index (χ1n) is 10.8. The van der Waals surface area contributed by atoms with Crippen molar-refractivity contribution in [3.8, 4) is 5.75 Å². The number of esters is 1. The molecule has 2 rings (SSSR count). The average molecular weight is 438 g/mol. The Labute approximate surface area is 184 Å². The topological polar surface area (TPSA) is 112 Å². The Hall–Kier alpha value is -2.52. The monoisotopic (exact) mass is 437 g/mol. The van der Waals surface area contributed by atoms with Crippen LogP contribution in [0.15, 0.2) is 12.1 Å². The highest BCUT2D eigenvalue weighted by atomic mass is 16.6. The van der Waals surface area contributed by atoms with Gasteiger partial charge in [-0.1, -0.05) is 6.42 Å². The first kappa shape index (κ1) is 24.7. The predicted octanol–water partition coefficient (Wildman–Crippen LogP) is 2.96. The molecular formula is C22H35N3O6. The zero-order chi connectivity index (χ0) is 22.6. The fourth-order valence-corrected chi connectivity index (χ4v) is 3.44. The minimum Gasteiger partial charge on any atom is -0.495 e. The number of ether oxygens (including phenoxy) is 4. The van der Waals surface area contributed by atoms with Crippen molar-refractivity contribution in [2.75, 3.05) is 57.6 Å². The molecule has 31 heavy (non-hydrogen) atoms. The molecule has 1 unspecified atom stereocenters. The molecule has 0 bridgehead atoms. The van der Waals surface area contributed by atoms with Gasteiger partial charge in [0.2, 0.25) is 0 Å². The summed E-state index contributed by atoms with van der Waals surface area (Å²) in [5, 5.41) is 2.73. The number of hydrogen-bond donors (Lipinski definition) is 2. The number of carbonyl (C=O) groups is 2. The Balaban J connectivity index is 1.68. The number of aryl methyl sites for hydroxylation is 1. The number of rotatable bonds is 11. The van der Waals surface area contributed by atoms with E-state index >= 15 is 0 Å². The lowest BCUT2D eigenvalue weighted by Crippen LogP contribution is -2.45. The van der Waals surface area contributed by atoms with E-state index in [-0.39, 0.29) is 18.7 Å². The third kappa shape index (κ3) is 8.63. The number of benzene rings is 1. The number of carbonyl (C=O) groups excluding carboxylic acids is 2. The maximum absolute atomic E-state index is 12.2. The first-order chi connectivity index (χ1) is 14.9. The molecule has 0 aromatic heterocycles. The third-order valence-corrected chi connectivity index (χ3v) is 5.10. The summed E-state index contributed by atoms with van der Waals surface area (Å²) in [5.74, 6) is 0.367. The highest BCUT2D eigenvalue weighted by Crippen LogP contribution is 2.28. The van der Waals surface area contributed by atoms with Gasteiger partial charge in [-0.25, -0.2) is 4.79 Å². The van der Waals surface area contributed by atoms with Gasteiger partial charge in [-0.3, -0.25) is 15.0 Å². The zero-order valence-corrected chi connectivity index (χ0v) is 18.8. The quantitative estimate of drug-likeness (QED) is 0.309. The lowest BCUT2D eigenvalue weighted by Gasteiger charge is -2.32. The molecule has 1 atom stereocenters. The van der Waals surface area contributed by atoms with Gasteiger partial charge in [-0.2, -0.15) is 0 Å². The summed E-state index contributed by atoms with van der Waals surface area (Å²) < 4.78 is 21.2. The van der Waals surface area contributed by atoms with E-state index in [4.69, 9.17) is 24.7 Å². The SMILES string of the molecule is CCOC(=O)CCCCCN1CCOC(COC(=O)Nc2cc(OC)c(N)cc2C)C1. The minimum atomic E-state index is -0.547. The summed E-state index contributed by atoms with van der Waals surface area (Å²) in [6.07, 6.45) is 2.58. The summed E-state index contributed by atoms with van der Waals surface area (Å²) in [4.78, 5) is 25.9. The van der Waals surface area contributed by atoms with Crippen LogP contribution in [0.4, 0.5) is 16.2 Å². The molecule has 1 aromatic carbocycles.